The standard InChI is InChI=1S/C7H5F2N3O3/c8-6(9)4-1-5(12(14)15)3(2-13)7(10)11-4/h1-2,6H,(H2,10,11). The van der Waals surface area contributed by atoms with Gasteiger partial charge in [0.2, 0.25) is 0 Å². The third kappa shape index (κ3) is 2.03. The fourth-order valence-corrected chi connectivity index (χ4v) is 0.964. The summed E-state index contributed by atoms with van der Waals surface area (Å²) in [7, 11) is 0. The summed E-state index contributed by atoms with van der Waals surface area (Å²) in [6.07, 6.45) is -2.87. The Kier molecular flexibility index (Phi) is 2.88. The zero-order chi connectivity index (χ0) is 11.6. The topological polar surface area (TPSA) is 99.1 Å². The van der Waals surface area contributed by atoms with Crippen molar-refractivity contribution in [3.05, 3.63) is 27.4 Å². The summed E-state index contributed by atoms with van der Waals surface area (Å²) in [4.78, 5) is 23.1. The van der Waals surface area contributed by atoms with Crippen LogP contribution in [0.15, 0.2) is 6.07 Å². The summed E-state index contributed by atoms with van der Waals surface area (Å²) in [5.74, 6) is -0.575. The number of carbonyl (C=O) groups is 1. The fraction of sp³-hybridized carbons (Fsp3) is 0.143. The maximum Gasteiger partial charge on any atom is 0.285 e. The second kappa shape index (κ2) is 3.95. The number of nitrogens with zero attached hydrogens (tertiary/aromatic N) is 2. The molecule has 0 spiro atoms. The van der Waals surface area contributed by atoms with Crippen molar-refractivity contribution < 1.29 is 18.5 Å². The molecule has 0 bridgehead atoms. The summed E-state index contributed by atoms with van der Waals surface area (Å²) in [5, 5.41) is 10.4. The monoisotopic (exact) mass is 217 g/mol. The highest BCUT2D eigenvalue weighted by Crippen LogP contribution is 2.27. The molecule has 0 fully saturated rings. The second-order valence-electron chi connectivity index (χ2n) is 2.54. The van der Waals surface area contributed by atoms with E-state index in [-0.39, 0.29) is 6.29 Å². The number of rotatable bonds is 3. The van der Waals surface area contributed by atoms with Crippen LogP contribution in [0, 0.1) is 10.1 Å². The highest BCUT2D eigenvalue weighted by atomic mass is 19.3. The van der Waals surface area contributed by atoms with Gasteiger partial charge in [0.15, 0.2) is 6.29 Å². The minimum absolute atomic E-state index is 0.107. The average Bonchev–Trinajstić information content (AvgIpc) is 2.16. The molecule has 0 saturated carbocycles. The minimum Gasteiger partial charge on any atom is -0.383 e. The van der Waals surface area contributed by atoms with E-state index in [9.17, 15) is 23.7 Å². The van der Waals surface area contributed by atoms with Gasteiger partial charge in [-0.3, -0.25) is 14.9 Å². The molecule has 1 rings (SSSR count). The molecule has 0 aromatic carbocycles. The highest BCUT2D eigenvalue weighted by Gasteiger charge is 2.22. The van der Waals surface area contributed by atoms with E-state index in [2.05, 4.69) is 4.98 Å². The van der Waals surface area contributed by atoms with Gasteiger partial charge in [0, 0.05) is 6.07 Å². The van der Waals surface area contributed by atoms with Crippen LogP contribution in [0.3, 0.4) is 0 Å². The Labute approximate surface area is 81.9 Å². The number of anilines is 1. The SMILES string of the molecule is Nc1nc(C(F)F)cc([N+](=O)[O-])c1C=O. The number of halogens is 2. The number of alkyl halides is 2. The lowest BCUT2D eigenvalue weighted by atomic mass is 10.2. The molecular weight excluding hydrogens is 212 g/mol. The zero-order valence-electron chi connectivity index (χ0n) is 7.18. The highest BCUT2D eigenvalue weighted by molar-refractivity contribution is 5.87. The third-order valence-corrected chi connectivity index (χ3v) is 1.62. The predicted molar refractivity (Wildman–Crippen MR) is 45.6 cm³/mol. The third-order valence-electron chi connectivity index (χ3n) is 1.62. The first-order valence-electron chi connectivity index (χ1n) is 3.65. The van der Waals surface area contributed by atoms with Crippen molar-refractivity contribution in [1.82, 2.24) is 4.98 Å². The lowest BCUT2D eigenvalue weighted by Gasteiger charge is -2.03. The molecule has 80 valence electrons. The van der Waals surface area contributed by atoms with Crippen molar-refractivity contribution in [3.8, 4) is 0 Å². The van der Waals surface area contributed by atoms with Crippen molar-refractivity contribution in [2.24, 2.45) is 0 Å². The van der Waals surface area contributed by atoms with Crippen LogP contribution in [0.25, 0.3) is 0 Å². The predicted octanol–water partition coefficient (Wildman–Crippen LogP) is 1.32. The van der Waals surface area contributed by atoms with Gasteiger partial charge in [0.1, 0.15) is 17.1 Å². The molecular formula is C7H5F2N3O3. The molecule has 0 unspecified atom stereocenters. The number of nitrogen functional groups attached to an aromatic ring is 1. The van der Waals surface area contributed by atoms with E-state index in [4.69, 9.17) is 5.73 Å². The number of pyridine rings is 1. The first-order chi connectivity index (χ1) is 6.97. The normalized spacial score (nSPS) is 10.3. The minimum atomic E-state index is -2.98. The van der Waals surface area contributed by atoms with E-state index in [1.54, 1.807) is 0 Å². The fourth-order valence-electron chi connectivity index (χ4n) is 0.964. The summed E-state index contributed by atoms with van der Waals surface area (Å²) in [6, 6.07) is 0.532. The molecule has 0 aliphatic carbocycles. The van der Waals surface area contributed by atoms with Gasteiger partial charge in [0.25, 0.3) is 12.1 Å². The van der Waals surface area contributed by atoms with E-state index in [1.807, 2.05) is 0 Å². The van der Waals surface area contributed by atoms with Crippen molar-refractivity contribution in [2.45, 2.75) is 6.43 Å². The molecule has 0 radical (unpaired) electrons. The van der Waals surface area contributed by atoms with Gasteiger partial charge < -0.3 is 5.73 Å². The van der Waals surface area contributed by atoms with Crippen LogP contribution in [-0.2, 0) is 0 Å². The van der Waals surface area contributed by atoms with Crippen LogP contribution in [0.2, 0.25) is 0 Å². The van der Waals surface area contributed by atoms with E-state index >= 15 is 0 Å². The van der Waals surface area contributed by atoms with Crippen LogP contribution >= 0.6 is 0 Å². The Hall–Kier alpha value is -2.12. The quantitative estimate of drug-likeness (QED) is 0.467. The first-order valence-corrected chi connectivity index (χ1v) is 3.65. The van der Waals surface area contributed by atoms with Gasteiger partial charge in [0.05, 0.1) is 4.92 Å². The molecule has 1 heterocycles. The second-order valence-corrected chi connectivity index (χ2v) is 2.54. The average molecular weight is 217 g/mol. The first kappa shape index (κ1) is 11.0. The van der Waals surface area contributed by atoms with Crippen LogP contribution in [0.1, 0.15) is 22.5 Å². The summed E-state index contributed by atoms with van der Waals surface area (Å²) >= 11 is 0. The van der Waals surface area contributed by atoms with Crippen molar-refractivity contribution in [3.63, 3.8) is 0 Å². The number of aromatic nitrogens is 1. The molecule has 1 aromatic rings. The van der Waals surface area contributed by atoms with Gasteiger partial charge in [-0.2, -0.15) is 0 Å². The molecule has 15 heavy (non-hydrogen) atoms. The Morgan fingerprint density at radius 2 is 2.20 bits per heavy atom. The Morgan fingerprint density at radius 3 is 2.60 bits per heavy atom. The molecule has 0 aliphatic heterocycles. The summed E-state index contributed by atoms with van der Waals surface area (Å²) < 4.78 is 24.4. The van der Waals surface area contributed by atoms with Crippen LogP contribution in [0.4, 0.5) is 20.3 Å². The Morgan fingerprint density at radius 1 is 1.60 bits per heavy atom. The molecule has 2 N–H and O–H groups in total. The molecule has 1 aromatic heterocycles. The molecule has 8 heteroatoms. The molecule has 0 saturated heterocycles. The zero-order valence-corrected chi connectivity index (χ0v) is 7.18. The number of carbonyl (C=O) groups excluding carboxylic acids is 1. The van der Waals surface area contributed by atoms with Crippen LogP contribution < -0.4 is 5.73 Å². The van der Waals surface area contributed by atoms with Gasteiger partial charge in [-0.1, -0.05) is 0 Å². The number of nitrogens with two attached hydrogens (primary N) is 1. The van der Waals surface area contributed by atoms with E-state index in [0.29, 0.717) is 6.07 Å². The van der Waals surface area contributed by atoms with Gasteiger partial charge >= 0.3 is 0 Å². The van der Waals surface area contributed by atoms with E-state index in [1.165, 1.54) is 0 Å². The van der Waals surface area contributed by atoms with Crippen molar-refractivity contribution in [1.29, 1.82) is 0 Å². The summed E-state index contributed by atoms with van der Waals surface area (Å²) in [5.41, 5.74) is 3.03. The number of hydrogen-bond acceptors (Lipinski definition) is 5. The van der Waals surface area contributed by atoms with Gasteiger partial charge in [-0.15, -0.1) is 0 Å². The number of hydrogen-bond donors (Lipinski definition) is 1. The van der Waals surface area contributed by atoms with Crippen molar-refractivity contribution in [2.75, 3.05) is 5.73 Å². The van der Waals surface area contributed by atoms with E-state index < -0.39 is 34.1 Å². The molecule has 6 nitrogen and oxygen atoms in total. The van der Waals surface area contributed by atoms with Crippen LogP contribution in [0.5, 0.6) is 0 Å². The number of nitro groups is 1. The Balaban J connectivity index is 3.45. The van der Waals surface area contributed by atoms with Gasteiger partial charge in [-0.25, -0.2) is 13.8 Å². The number of aldehydes is 1. The molecule has 0 amide bonds. The smallest absolute Gasteiger partial charge is 0.285 e. The molecule has 0 atom stereocenters. The largest absolute Gasteiger partial charge is 0.383 e. The van der Waals surface area contributed by atoms with Crippen molar-refractivity contribution >= 4 is 17.8 Å². The maximum atomic E-state index is 12.2. The van der Waals surface area contributed by atoms with E-state index in [0.717, 1.165) is 0 Å². The van der Waals surface area contributed by atoms with Crippen LogP contribution in [-0.4, -0.2) is 16.2 Å². The molecule has 0 aliphatic rings. The maximum absolute atomic E-state index is 12.2. The summed E-state index contributed by atoms with van der Waals surface area (Å²) in [6.45, 7) is 0. The van der Waals surface area contributed by atoms with Gasteiger partial charge in [-0.05, 0) is 0 Å². The lowest BCUT2D eigenvalue weighted by molar-refractivity contribution is -0.385. The Bertz CT molecular complexity index is 422. The lowest BCUT2D eigenvalue weighted by Crippen LogP contribution is -2.05.